The van der Waals surface area contributed by atoms with E-state index in [1.165, 1.54) is 6.07 Å². The first kappa shape index (κ1) is 16.2. The van der Waals surface area contributed by atoms with Gasteiger partial charge in [0.15, 0.2) is 0 Å². The second-order valence-electron chi connectivity index (χ2n) is 5.12. The molecule has 21 heavy (non-hydrogen) atoms. The molecule has 0 saturated carbocycles. The summed E-state index contributed by atoms with van der Waals surface area (Å²) in [5, 5.41) is 3.10. The van der Waals surface area contributed by atoms with Gasteiger partial charge in [-0.15, -0.1) is 0 Å². The monoisotopic (exact) mass is 308 g/mol. The van der Waals surface area contributed by atoms with Crippen molar-refractivity contribution in [2.24, 2.45) is 0 Å². The molecule has 0 radical (unpaired) electrons. The van der Waals surface area contributed by atoms with Crippen molar-refractivity contribution in [1.82, 2.24) is 10.2 Å². The minimum atomic E-state index is -4.29. The molecule has 1 aliphatic rings. The first-order chi connectivity index (χ1) is 9.87. The van der Waals surface area contributed by atoms with Crippen molar-refractivity contribution in [3.8, 4) is 0 Å². The minimum absolute atomic E-state index is 0.127. The van der Waals surface area contributed by atoms with Gasteiger partial charge in [-0.05, 0) is 12.5 Å². The molecule has 1 fully saturated rings. The van der Waals surface area contributed by atoms with Gasteiger partial charge in [-0.1, -0.05) is 6.07 Å². The van der Waals surface area contributed by atoms with Crippen LogP contribution in [0.2, 0.25) is 0 Å². The third-order valence-electron chi connectivity index (χ3n) is 3.62. The summed E-state index contributed by atoms with van der Waals surface area (Å²) in [5.41, 5.74) is 0.127. The molecule has 2 rings (SSSR count). The van der Waals surface area contributed by atoms with Gasteiger partial charge < -0.3 is 5.32 Å². The van der Waals surface area contributed by atoms with E-state index in [0.717, 1.165) is 12.1 Å². The van der Waals surface area contributed by atoms with E-state index in [1.807, 2.05) is 4.90 Å². The molecule has 2 nitrogen and oxygen atoms in total. The first-order valence-electron chi connectivity index (χ1n) is 6.83. The molecule has 1 atom stereocenters. The number of piperazine rings is 1. The summed E-state index contributed by atoms with van der Waals surface area (Å²) in [5.74, 6) is -1.52. The SMILES string of the molecule is Fc1ccc([C@H](CCC(F)(F)F)N2CCNCC2)c(F)c1. The van der Waals surface area contributed by atoms with E-state index in [0.29, 0.717) is 26.2 Å². The molecule has 118 valence electrons. The van der Waals surface area contributed by atoms with Gasteiger partial charge >= 0.3 is 6.18 Å². The number of halogens is 5. The van der Waals surface area contributed by atoms with Gasteiger partial charge in [-0.3, -0.25) is 4.90 Å². The van der Waals surface area contributed by atoms with Crippen molar-refractivity contribution in [3.63, 3.8) is 0 Å². The molecule has 1 N–H and O–H groups in total. The Hall–Kier alpha value is -1.21. The zero-order valence-corrected chi connectivity index (χ0v) is 11.4. The maximum atomic E-state index is 13.9. The number of alkyl halides is 3. The molecular formula is C14H17F5N2. The number of rotatable bonds is 4. The maximum Gasteiger partial charge on any atom is 0.389 e. The molecule has 0 spiro atoms. The largest absolute Gasteiger partial charge is 0.389 e. The second-order valence-corrected chi connectivity index (χ2v) is 5.12. The highest BCUT2D eigenvalue weighted by molar-refractivity contribution is 5.22. The molecule has 1 aliphatic heterocycles. The summed E-state index contributed by atoms with van der Waals surface area (Å²) < 4.78 is 64.3. The topological polar surface area (TPSA) is 15.3 Å². The van der Waals surface area contributed by atoms with Crippen LogP contribution in [-0.2, 0) is 0 Å². The van der Waals surface area contributed by atoms with Gasteiger partial charge in [-0.25, -0.2) is 8.78 Å². The number of nitrogens with zero attached hydrogens (tertiary/aromatic N) is 1. The molecule has 0 bridgehead atoms. The normalized spacial score (nSPS) is 18.7. The predicted molar refractivity (Wildman–Crippen MR) is 68.8 cm³/mol. The standard InChI is InChI=1S/C14H17F5N2/c15-10-1-2-11(12(16)9-10)13(3-4-14(17,18)19)21-7-5-20-6-8-21/h1-2,9,13,20H,3-8H2/t13-/m0/s1. The first-order valence-corrected chi connectivity index (χ1v) is 6.83. The van der Waals surface area contributed by atoms with Crippen LogP contribution in [0.15, 0.2) is 18.2 Å². The van der Waals surface area contributed by atoms with Crippen LogP contribution in [0, 0.1) is 11.6 Å². The average molecular weight is 308 g/mol. The Morgan fingerprint density at radius 3 is 2.38 bits per heavy atom. The third-order valence-corrected chi connectivity index (χ3v) is 3.62. The van der Waals surface area contributed by atoms with Crippen LogP contribution in [0.1, 0.15) is 24.4 Å². The maximum absolute atomic E-state index is 13.9. The fourth-order valence-electron chi connectivity index (χ4n) is 2.60. The van der Waals surface area contributed by atoms with Crippen molar-refractivity contribution in [2.45, 2.75) is 25.1 Å². The molecular weight excluding hydrogens is 291 g/mol. The molecule has 1 saturated heterocycles. The average Bonchev–Trinajstić information content (AvgIpc) is 2.41. The summed E-state index contributed by atoms with van der Waals surface area (Å²) in [7, 11) is 0. The number of hydrogen-bond acceptors (Lipinski definition) is 2. The Labute approximate surface area is 119 Å². The number of benzene rings is 1. The lowest BCUT2D eigenvalue weighted by atomic mass is 9.98. The second kappa shape index (κ2) is 6.70. The van der Waals surface area contributed by atoms with Crippen molar-refractivity contribution < 1.29 is 22.0 Å². The Bertz CT molecular complexity index is 469. The van der Waals surface area contributed by atoms with Crippen LogP contribution < -0.4 is 5.32 Å². The summed E-state index contributed by atoms with van der Waals surface area (Å²) in [4.78, 5) is 1.82. The molecule has 1 aromatic carbocycles. The zero-order chi connectivity index (χ0) is 15.5. The summed E-state index contributed by atoms with van der Waals surface area (Å²) in [6, 6.07) is 2.36. The smallest absolute Gasteiger partial charge is 0.314 e. The van der Waals surface area contributed by atoms with Crippen LogP contribution in [0.25, 0.3) is 0 Å². The van der Waals surface area contributed by atoms with E-state index in [9.17, 15) is 22.0 Å². The van der Waals surface area contributed by atoms with Crippen LogP contribution in [0.3, 0.4) is 0 Å². The predicted octanol–water partition coefficient (Wildman–Crippen LogP) is 3.25. The lowest BCUT2D eigenvalue weighted by molar-refractivity contribution is -0.138. The zero-order valence-electron chi connectivity index (χ0n) is 11.4. The van der Waals surface area contributed by atoms with Gasteiger partial charge in [0.25, 0.3) is 0 Å². The highest BCUT2D eigenvalue weighted by atomic mass is 19.4. The van der Waals surface area contributed by atoms with Crippen LogP contribution in [-0.4, -0.2) is 37.3 Å². The molecule has 0 unspecified atom stereocenters. The van der Waals surface area contributed by atoms with Gasteiger partial charge in [0.2, 0.25) is 0 Å². The van der Waals surface area contributed by atoms with E-state index >= 15 is 0 Å². The van der Waals surface area contributed by atoms with Gasteiger partial charge in [0.05, 0.1) is 0 Å². The summed E-state index contributed by atoms with van der Waals surface area (Å²) in [6.45, 7) is 2.37. The fraction of sp³-hybridized carbons (Fsp3) is 0.571. The van der Waals surface area contributed by atoms with E-state index in [-0.39, 0.29) is 12.0 Å². The summed E-state index contributed by atoms with van der Waals surface area (Å²) >= 11 is 0. The number of nitrogens with one attached hydrogen (secondary N) is 1. The highest BCUT2D eigenvalue weighted by Crippen LogP contribution is 2.33. The Morgan fingerprint density at radius 2 is 1.81 bits per heavy atom. The lowest BCUT2D eigenvalue weighted by Crippen LogP contribution is -2.45. The van der Waals surface area contributed by atoms with Crippen molar-refractivity contribution in [1.29, 1.82) is 0 Å². The van der Waals surface area contributed by atoms with E-state index in [2.05, 4.69) is 5.32 Å². The van der Waals surface area contributed by atoms with Crippen LogP contribution in [0.4, 0.5) is 22.0 Å². The van der Waals surface area contributed by atoms with Gasteiger partial charge in [-0.2, -0.15) is 13.2 Å². The molecule has 0 amide bonds. The molecule has 0 aromatic heterocycles. The Kier molecular flexibility index (Phi) is 5.16. The van der Waals surface area contributed by atoms with E-state index in [1.54, 1.807) is 0 Å². The van der Waals surface area contributed by atoms with E-state index < -0.39 is 30.3 Å². The summed E-state index contributed by atoms with van der Waals surface area (Å²) in [6.07, 6.45) is -5.51. The molecule has 1 heterocycles. The van der Waals surface area contributed by atoms with E-state index in [4.69, 9.17) is 0 Å². The van der Waals surface area contributed by atoms with Crippen LogP contribution in [0.5, 0.6) is 0 Å². The quantitative estimate of drug-likeness (QED) is 0.859. The van der Waals surface area contributed by atoms with Crippen LogP contribution >= 0.6 is 0 Å². The Morgan fingerprint density at radius 1 is 1.14 bits per heavy atom. The minimum Gasteiger partial charge on any atom is -0.314 e. The van der Waals surface area contributed by atoms with Gasteiger partial charge in [0.1, 0.15) is 11.6 Å². The third kappa shape index (κ3) is 4.64. The Balaban J connectivity index is 2.21. The van der Waals surface area contributed by atoms with Crippen molar-refractivity contribution in [2.75, 3.05) is 26.2 Å². The number of hydrogen-bond donors (Lipinski definition) is 1. The van der Waals surface area contributed by atoms with Crippen molar-refractivity contribution >= 4 is 0 Å². The highest BCUT2D eigenvalue weighted by Gasteiger charge is 2.32. The van der Waals surface area contributed by atoms with Gasteiger partial charge in [0, 0.05) is 50.3 Å². The molecule has 1 aromatic rings. The van der Waals surface area contributed by atoms with Crippen molar-refractivity contribution in [3.05, 3.63) is 35.4 Å². The molecule has 0 aliphatic carbocycles. The lowest BCUT2D eigenvalue weighted by Gasteiger charge is -2.35. The molecule has 7 heteroatoms. The fourth-order valence-corrected chi connectivity index (χ4v) is 2.60.